The van der Waals surface area contributed by atoms with Gasteiger partial charge >= 0.3 is 0 Å². The lowest BCUT2D eigenvalue weighted by Gasteiger charge is -2.26. The molecule has 0 bridgehead atoms. The summed E-state index contributed by atoms with van der Waals surface area (Å²) in [6.07, 6.45) is 0. The molecule has 0 aromatic heterocycles. The maximum absolute atomic E-state index is 9.77. The first-order valence-electron chi connectivity index (χ1n) is 10.1. The molecule has 3 nitrogen and oxygen atoms in total. The third-order valence-electron chi connectivity index (χ3n) is 5.43. The number of aromatic hydroxyl groups is 2. The van der Waals surface area contributed by atoms with E-state index in [0.717, 1.165) is 28.2 Å². The highest BCUT2D eigenvalue weighted by molar-refractivity contribution is 5.89. The molecule has 31 heavy (non-hydrogen) atoms. The van der Waals surface area contributed by atoms with E-state index in [4.69, 9.17) is 0 Å². The molecule has 0 saturated heterocycles. The van der Waals surface area contributed by atoms with Crippen molar-refractivity contribution in [3.8, 4) is 22.6 Å². The molecule has 0 amide bonds. The first kappa shape index (κ1) is 18.8. The van der Waals surface area contributed by atoms with Crippen molar-refractivity contribution < 1.29 is 10.2 Å². The highest BCUT2D eigenvalue weighted by atomic mass is 16.3. The monoisotopic (exact) mass is 403 g/mol. The molecular weight excluding hydrogens is 382 g/mol. The largest absolute Gasteiger partial charge is 0.508 e. The number of benzene rings is 5. The fraction of sp³-hybridized carbons (Fsp3) is 0. The van der Waals surface area contributed by atoms with Gasteiger partial charge in [0.05, 0.1) is 0 Å². The minimum atomic E-state index is 0.241. The molecule has 5 aromatic carbocycles. The van der Waals surface area contributed by atoms with Crippen molar-refractivity contribution in [2.24, 2.45) is 0 Å². The fourth-order valence-electron chi connectivity index (χ4n) is 3.82. The van der Waals surface area contributed by atoms with Crippen LogP contribution in [0.2, 0.25) is 0 Å². The molecule has 0 unspecified atom stereocenters. The number of nitrogens with zero attached hydrogens (tertiary/aromatic N) is 1. The molecule has 0 aliphatic carbocycles. The van der Waals surface area contributed by atoms with E-state index in [0.29, 0.717) is 0 Å². The second-order valence-corrected chi connectivity index (χ2v) is 7.48. The number of rotatable bonds is 4. The van der Waals surface area contributed by atoms with Gasteiger partial charge in [-0.1, -0.05) is 54.6 Å². The van der Waals surface area contributed by atoms with Crippen molar-refractivity contribution in [2.75, 3.05) is 4.90 Å². The first-order chi connectivity index (χ1) is 15.2. The Bertz CT molecular complexity index is 1320. The zero-order valence-electron chi connectivity index (χ0n) is 16.8. The van der Waals surface area contributed by atoms with E-state index >= 15 is 0 Å². The highest BCUT2D eigenvalue weighted by Gasteiger charge is 2.13. The Morgan fingerprint density at radius 2 is 0.871 bits per heavy atom. The van der Waals surface area contributed by atoms with Gasteiger partial charge in [0.1, 0.15) is 11.5 Å². The Morgan fingerprint density at radius 3 is 1.48 bits per heavy atom. The molecule has 3 heteroatoms. The summed E-state index contributed by atoms with van der Waals surface area (Å²) in [6.45, 7) is 0. The van der Waals surface area contributed by atoms with Crippen LogP contribution in [-0.2, 0) is 0 Å². The summed E-state index contributed by atoms with van der Waals surface area (Å²) in [5.74, 6) is 0.500. The molecule has 5 aromatic rings. The number of phenols is 2. The van der Waals surface area contributed by atoms with Crippen molar-refractivity contribution >= 4 is 27.8 Å². The van der Waals surface area contributed by atoms with Gasteiger partial charge in [-0.15, -0.1) is 0 Å². The number of anilines is 3. The highest BCUT2D eigenvalue weighted by Crippen LogP contribution is 2.37. The fourth-order valence-corrected chi connectivity index (χ4v) is 3.82. The van der Waals surface area contributed by atoms with Crippen LogP contribution in [0.4, 0.5) is 17.1 Å². The van der Waals surface area contributed by atoms with Crippen molar-refractivity contribution in [3.05, 3.63) is 115 Å². The van der Waals surface area contributed by atoms with E-state index in [1.807, 2.05) is 36.4 Å². The molecule has 0 aliphatic heterocycles. The lowest BCUT2D eigenvalue weighted by atomic mass is 10.0. The van der Waals surface area contributed by atoms with Crippen molar-refractivity contribution in [1.82, 2.24) is 0 Å². The predicted molar refractivity (Wildman–Crippen MR) is 127 cm³/mol. The number of hydrogen-bond donors (Lipinski definition) is 2. The summed E-state index contributed by atoms with van der Waals surface area (Å²) in [7, 11) is 0. The summed E-state index contributed by atoms with van der Waals surface area (Å²) >= 11 is 0. The zero-order chi connectivity index (χ0) is 21.2. The third-order valence-corrected chi connectivity index (χ3v) is 5.43. The standard InChI is InChI=1S/C28H21NO2/c30-27-15-8-22(9-16-27)21-5-10-24(11-6-21)29(25-13-17-28(31)18-14-25)26-12-7-20-3-1-2-4-23(20)19-26/h1-19,30-31H. The maximum atomic E-state index is 9.77. The number of fused-ring (bicyclic) bond motifs is 1. The van der Waals surface area contributed by atoms with E-state index < -0.39 is 0 Å². The van der Waals surface area contributed by atoms with Crippen LogP contribution in [0.5, 0.6) is 11.5 Å². The second-order valence-electron chi connectivity index (χ2n) is 7.48. The predicted octanol–water partition coefficient (Wildman–Crippen LogP) is 7.39. The Labute approximate surface area is 181 Å². The van der Waals surface area contributed by atoms with Crippen LogP contribution in [0, 0.1) is 0 Å². The Hall–Kier alpha value is -4.24. The van der Waals surface area contributed by atoms with Crippen LogP contribution >= 0.6 is 0 Å². The van der Waals surface area contributed by atoms with Gasteiger partial charge in [-0.05, 0) is 82.6 Å². The molecule has 0 heterocycles. The van der Waals surface area contributed by atoms with Gasteiger partial charge in [-0.2, -0.15) is 0 Å². The molecule has 150 valence electrons. The zero-order valence-corrected chi connectivity index (χ0v) is 16.8. The van der Waals surface area contributed by atoms with Crippen LogP contribution in [0.3, 0.4) is 0 Å². The molecule has 2 N–H and O–H groups in total. The third kappa shape index (κ3) is 3.81. The van der Waals surface area contributed by atoms with E-state index in [-0.39, 0.29) is 11.5 Å². The van der Waals surface area contributed by atoms with Crippen LogP contribution in [0.1, 0.15) is 0 Å². The van der Waals surface area contributed by atoms with E-state index in [1.165, 1.54) is 10.8 Å². The topological polar surface area (TPSA) is 43.7 Å². The van der Waals surface area contributed by atoms with Gasteiger partial charge in [0.15, 0.2) is 0 Å². The molecule has 0 saturated carbocycles. The average Bonchev–Trinajstić information content (AvgIpc) is 2.81. The van der Waals surface area contributed by atoms with Gasteiger partial charge in [-0.25, -0.2) is 0 Å². The molecule has 0 radical (unpaired) electrons. The van der Waals surface area contributed by atoms with Crippen LogP contribution in [0.15, 0.2) is 115 Å². The normalized spacial score (nSPS) is 10.8. The molecule has 0 spiro atoms. The van der Waals surface area contributed by atoms with Crippen molar-refractivity contribution in [1.29, 1.82) is 0 Å². The minimum absolute atomic E-state index is 0.241. The summed E-state index contributed by atoms with van der Waals surface area (Å²) < 4.78 is 0. The summed E-state index contributed by atoms with van der Waals surface area (Å²) in [5, 5.41) is 21.7. The Morgan fingerprint density at radius 1 is 0.419 bits per heavy atom. The quantitative estimate of drug-likeness (QED) is 0.329. The lowest BCUT2D eigenvalue weighted by molar-refractivity contribution is 0.475. The summed E-state index contributed by atoms with van der Waals surface area (Å²) in [4.78, 5) is 2.17. The Kier molecular flexibility index (Phi) is 4.77. The van der Waals surface area contributed by atoms with Crippen LogP contribution in [0.25, 0.3) is 21.9 Å². The summed E-state index contributed by atoms with van der Waals surface area (Å²) in [6, 6.07) is 37.5. The first-order valence-corrected chi connectivity index (χ1v) is 10.1. The summed E-state index contributed by atoms with van der Waals surface area (Å²) in [5.41, 5.74) is 5.15. The van der Waals surface area contributed by atoms with Gasteiger partial charge in [0.25, 0.3) is 0 Å². The van der Waals surface area contributed by atoms with E-state index in [2.05, 4.69) is 59.5 Å². The second kappa shape index (κ2) is 7.88. The molecular formula is C28H21NO2. The maximum Gasteiger partial charge on any atom is 0.115 e. The lowest BCUT2D eigenvalue weighted by Crippen LogP contribution is -2.09. The number of phenolic OH excluding ortho intramolecular Hbond substituents is 2. The molecule has 0 aliphatic rings. The SMILES string of the molecule is Oc1ccc(-c2ccc(N(c3ccc(O)cc3)c3ccc4ccccc4c3)cc2)cc1. The van der Waals surface area contributed by atoms with Crippen molar-refractivity contribution in [2.45, 2.75) is 0 Å². The van der Waals surface area contributed by atoms with Gasteiger partial charge in [0.2, 0.25) is 0 Å². The number of hydrogen-bond acceptors (Lipinski definition) is 3. The van der Waals surface area contributed by atoms with Crippen molar-refractivity contribution in [3.63, 3.8) is 0 Å². The van der Waals surface area contributed by atoms with Crippen LogP contribution < -0.4 is 4.90 Å². The van der Waals surface area contributed by atoms with E-state index in [9.17, 15) is 10.2 Å². The van der Waals surface area contributed by atoms with Gasteiger partial charge < -0.3 is 15.1 Å². The molecule has 0 atom stereocenters. The van der Waals surface area contributed by atoms with Gasteiger partial charge in [-0.3, -0.25) is 0 Å². The molecule has 0 fully saturated rings. The average molecular weight is 403 g/mol. The van der Waals surface area contributed by atoms with Gasteiger partial charge in [0, 0.05) is 17.1 Å². The van der Waals surface area contributed by atoms with E-state index in [1.54, 1.807) is 24.3 Å². The molecule has 5 rings (SSSR count). The van der Waals surface area contributed by atoms with Crippen LogP contribution in [-0.4, -0.2) is 10.2 Å². The Balaban J connectivity index is 1.59. The smallest absolute Gasteiger partial charge is 0.115 e. The minimum Gasteiger partial charge on any atom is -0.508 e.